The first-order chi connectivity index (χ1) is 12.1. The van der Waals surface area contributed by atoms with Gasteiger partial charge in [-0.3, -0.25) is 9.59 Å². The first-order valence-corrected chi connectivity index (χ1v) is 8.66. The van der Waals surface area contributed by atoms with E-state index in [4.69, 9.17) is 0 Å². The number of carbonyl (C=O) groups excluding carboxylic acids is 1. The predicted molar refractivity (Wildman–Crippen MR) is 94.1 cm³/mol. The van der Waals surface area contributed by atoms with E-state index in [-0.39, 0.29) is 23.6 Å². The van der Waals surface area contributed by atoms with Gasteiger partial charge in [-0.25, -0.2) is 9.67 Å². The van der Waals surface area contributed by atoms with Crippen molar-refractivity contribution in [3.8, 4) is 11.3 Å². The highest BCUT2D eigenvalue weighted by atomic mass is 16.2. The second kappa shape index (κ2) is 5.98. The smallest absolute Gasteiger partial charge is 0.267 e. The van der Waals surface area contributed by atoms with E-state index in [0.29, 0.717) is 12.2 Å². The molecule has 3 aliphatic rings. The van der Waals surface area contributed by atoms with Gasteiger partial charge in [0, 0.05) is 29.9 Å². The molecule has 3 aliphatic carbocycles. The van der Waals surface area contributed by atoms with E-state index in [1.807, 2.05) is 19.1 Å². The lowest BCUT2D eigenvalue weighted by atomic mass is 9.50. The molecule has 25 heavy (non-hydrogen) atoms. The highest BCUT2D eigenvalue weighted by molar-refractivity contribution is 5.75. The van der Waals surface area contributed by atoms with Crippen LogP contribution in [0.5, 0.6) is 0 Å². The summed E-state index contributed by atoms with van der Waals surface area (Å²) >= 11 is 0. The molecule has 0 aromatic carbocycles. The molecular formula is C18H21N5O2. The van der Waals surface area contributed by atoms with Gasteiger partial charge in [0.05, 0.1) is 5.69 Å². The summed E-state index contributed by atoms with van der Waals surface area (Å²) in [5.74, 6) is 1.56. The number of carbonyl (C=O) groups is 1. The van der Waals surface area contributed by atoms with Crippen LogP contribution in [0.4, 0.5) is 5.82 Å². The van der Waals surface area contributed by atoms with Gasteiger partial charge in [0.25, 0.3) is 5.56 Å². The fraction of sp³-hybridized carbons (Fsp3) is 0.444. The topological polar surface area (TPSA) is 88.9 Å². The number of anilines is 1. The molecule has 0 spiro atoms. The predicted octanol–water partition coefficient (Wildman–Crippen LogP) is 1.41. The van der Waals surface area contributed by atoms with E-state index in [1.165, 1.54) is 30.0 Å². The molecule has 2 aromatic heterocycles. The number of nitrogens with zero attached hydrogens (tertiary/aromatic N) is 3. The van der Waals surface area contributed by atoms with Gasteiger partial charge < -0.3 is 10.6 Å². The van der Waals surface area contributed by atoms with Gasteiger partial charge >= 0.3 is 0 Å². The molecule has 0 saturated heterocycles. The fourth-order valence-electron chi connectivity index (χ4n) is 3.63. The maximum absolute atomic E-state index is 11.9. The summed E-state index contributed by atoms with van der Waals surface area (Å²) in [6.45, 7) is 2.27. The van der Waals surface area contributed by atoms with Crippen molar-refractivity contribution in [3.05, 3.63) is 40.8 Å². The van der Waals surface area contributed by atoms with Gasteiger partial charge in [0.2, 0.25) is 5.91 Å². The van der Waals surface area contributed by atoms with Crippen LogP contribution in [0.3, 0.4) is 0 Å². The van der Waals surface area contributed by atoms with Crippen LogP contribution >= 0.6 is 0 Å². The minimum atomic E-state index is -0.301. The molecule has 130 valence electrons. The molecular weight excluding hydrogens is 318 g/mol. The van der Waals surface area contributed by atoms with E-state index in [1.54, 1.807) is 12.3 Å². The van der Waals surface area contributed by atoms with Crippen LogP contribution in [0.1, 0.15) is 26.2 Å². The number of hydrogen-bond acceptors (Lipinski definition) is 5. The zero-order valence-corrected chi connectivity index (χ0v) is 14.2. The Kier molecular flexibility index (Phi) is 3.78. The summed E-state index contributed by atoms with van der Waals surface area (Å²) in [6.07, 6.45) is 5.51. The number of rotatable bonds is 6. The molecule has 1 amide bonds. The van der Waals surface area contributed by atoms with Crippen molar-refractivity contribution >= 4 is 11.7 Å². The zero-order chi connectivity index (χ0) is 17.4. The molecule has 3 fully saturated rings. The van der Waals surface area contributed by atoms with Crippen LogP contribution in [0.15, 0.2) is 35.3 Å². The van der Waals surface area contributed by atoms with Gasteiger partial charge in [0.15, 0.2) is 0 Å². The Balaban J connectivity index is 1.50. The first-order valence-electron chi connectivity index (χ1n) is 8.66. The maximum Gasteiger partial charge on any atom is 0.267 e. The minimum Gasteiger partial charge on any atom is -0.365 e. The fourth-order valence-corrected chi connectivity index (χ4v) is 3.63. The van der Waals surface area contributed by atoms with Gasteiger partial charge in [-0.05, 0) is 50.3 Å². The highest BCUT2D eigenvalue weighted by Gasteiger charge is 2.56. The quantitative estimate of drug-likeness (QED) is 0.830. The Labute approximate surface area is 145 Å². The molecule has 0 atom stereocenters. The SMILES string of the molecule is CCNC(=O)Cn1nc(-c2ccc(NC34CC(C3)C4)nc2)ccc1=O. The van der Waals surface area contributed by atoms with E-state index in [0.717, 1.165) is 17.3 Å². The second-order valence-electron chi connectivity index (χ2n) is 6.98. The van der Waals surface area contributed by atoms with E-state index < -0.39 is 0 Å². The van der Waals surface area contributed by atoms with E-state index in [9.17, 15) is 9.59 Å². The van der Waals surface area contributed by atoms with Crippen LogP contribution < -0.4 is 16.2 Å². The molecule has 2 bridgehead atoms. The third kappa shape index (κ3) is 3.01. The molecule has 7 heteroatoms. The minimum absolute atomic E-state index is 0.0860. The Morgan fingerprint density at radius 3 is 2.68 bits per heavy atom. The summed E-state index contributed by atoms with van der Waals surface area (Å²) in [6, 6.07) is 6.96. The van der Waals surface area contributed by atoms with Gasteiger partial charge in [0.1, 0.15) is 12.4 Å². The lowest BCUT2D eigenvalue weighted by molar-refractivity contribution is -0.121. The molecule has 3 saturated carbocycles. The van der Waals surface area contributed by atoms with Crippen LogP contribution in [0.25, 0.3) is 11.3 Å². The number of hydrogen-bond donors (Lipinski definition) is 2. The van der Waals surface area contributed by atoms with Crippen LogP contribution in [0, 0.1) is 5.92 Å². The van der Waals surface area contributed by atoms with Crippen molar-refractivity contribution in [2.75, 3.05) is 11.9 Å². The maximum atomic E-state index is 11.9. The molecule has 2 aromatic rings. The van der Waals surface area contributed by atoms with Gasteiger partial charge in [-0.2, -0.15) is 5.10 Å². The van der Waals surface area contributed by atoms with Gasteiger partial charge in [-0.1, -0.05) is 0 Å². The van der Waals surface area contributed by atoms with Crippen molar-refractivity contribution < 1.29 is 4.79 Å². The summed E-state index contributed by atoms with van der Waals surface area (Å²) in [7, 11) is 0. The molecule has 0 aliphatic heterocycles. The molecule has 5 rings (SSSR count). The molecule has 7 nitrogen and oxygen atoms in total. The average Bonchev–Trinajstić information content (AvgIpc) is 2.53. The number of likely N-dealkylation sites (N-methyl/N-ethyl adjacent to an activating group) is 1. The van der Waals surface area contributed by atoms with Crippen molar-refractivity contribution in [1.29, 1.82) is 0 Å². The second-order valence-corrected chi connectivity index (χ2v) is 6.98. The van der Waals surface area contributed by atoms with Crippen molar-refractivity contribution in [2.45, 2.75) is 38.3 Å². The number of nitrogens with one attached hydrogen (secondary N) is 2. The van der Waals surface area contributed by atoms with Crippen LogP contribution in [-0.4, -0.2) is 32.8 Å². The third-order valence-electron chi connectivity index (χ3n) is 5.02. The number of amides is 1. The average molecular weight is 339 g/mol. The Hall–Kier alpha value is -2.70. The summed E-state index contributed by atoms with van der Waals surface area (Å²) in [4.78, 5) is 28.1. The van der Waals surface area contributed by atoms with E-state index >= 15 is 0 Å². The number of aromatic nitrogens is 3. The highest BCUT2D eigenvalue weighted by Crippen LogP contribution is 2.58. The molecule has 2 heterocycles. The Bertz CT molecular complexity index is 841. The van der Waals surface area contributed by atoms with Gasteiger partial charge in [-0.15, -0.1) is 0 Å². The van der Waals surface area contributed by atoms with Crippen molar-refractivity contribution in [3.63, 3.8) is 0 Å². The van der Waals surface area contributed by atoms with Crippen LogP contribution in [-0.2, 0) is 11.3 Å². The lowest BCUT2D eigenvalue weighted by Crippen LogP contribution is -2.63. The first kappa shape index (κ1) is 15.8. The lowest BCUT2D eigenvalue weighted by Gasteiger charge is -2.62. The monoisotopic (exact) mass is 339 g/mol. The molecule has 0 radical (unpaired) electrons. The van der Waals surface area contributed by atoms with Crippen molar-refractivity contribution in [2.24, 2.45) is 5.92 Å². The zero-order valence-electron chi connectivity index (χ0n) is 14.2. The van der Waals surface area contributed by atoms with E-state index in [2.05, 4.69) is 20.7 Å². The Morgan fingerprint density at radius 2 is 2.08 bits per heavy atom. The molecule has 0 unspecified atom stereocenters. The summed E-state index contributed by atoms with van der Waals surface area (Å²) in [5, 5.41) is 10.5. The summed E-state index contributed by atoms with van der Waals surface area (Å²) in [5.41, 5.74) is 1.42. The van der Waals surface area contributed by atoms with Crippen molar-refractivity contribution in [1.82, 2.24) is 20.1 Å². The number of pyridine rings is 1. The Morgan fingerprint density at radius 1 is 1.28 bits per heavy atom. The third-order valence-corrected chi connectivity index (χ3v) is 5.02. The molecule has 2 N–H and O–H groups in total. The standard InChI is InChI=1S/C18H21N5O2/c1-2-19-16(24)11-23-17(25)6-4-14(22-23)13-3-5-15(20-10-13)21-18-7-12(8-18)9-18/h3-6,10,12H,2,7-9,11H2,1H3,(H,19,24)(H,20,21). The largest absolute Gasteiger partial charge is 0.365 e. The summed E-state index contributed by atoms with van der Waals surface area (Å²) < 4.78 is 1.17. The van der Waals surface area contributed by atoms with Crippen LogP contribution in [0.2, 0.25) is 0 Å². The normalized spacial score (nSPS) is 23.3.